The minimum atomic E-state index is -0.149. The van der Waals surface area contributed by atoms with E-state index in [1.54, 1.807) is 0 Å². The number of rotatable bonds is 3. The number of likely N-dealkylation sites (tertiary alicyclic amines) is 1. The Balaban J connectivity index is 1.61. The van der Waals surface area contributed by atoms with Crippen molar-refractivity contribution in [1.29, 1.82) is 0 Å². The Kier molecular flexibility index (Phi) is 3.64. The maximum atomic E-state index is 12.5. The van der Waals surface area contributed by atoms with Crippen LogP contribution in [-0.4, -0.2) is 34.5 Å². The Morgan fingerprint density at radius 2 is 2.10 bits per heavy atom. The summed E-state index contributed by atoms with van der Waals surface area (Å²) in [7, 11) is 0. The topological polar surface area (TPSA) is 45.2 Å². The van der Waals surface area contributed by atoms with Gasteiger partial charge in [0.15, 0.2) is 0 Å². The van der Waals surface area contributed by atoms with E-state index in [4.69, 9.17) is 0 Å². The smallest absolute Gasteiger partial charge is 0.317 e. The van der Waals surface area contributed by atoms with Gasteiger partial charge in [0.05, 0.1) is 0 Å². The lowest BCUT2D eigenvalue weighted by Crippen LogP contribution is -2.56. The summed E-state index contributed by atoms with van der Waals surface area (Å²) in [6.07, 6.45) is 7.78. The maximum absolute atomic E-state index is 12.5. The van der Waals surface area contributed by atoms with Crippen molar-refractivity contribution in [3.63, 3.8) is 0 Å². The van der Waals surface area contributed by atoms with Crippen LogP contribution in [0.4, 0.5) is 4.79 Å². The number of nitrogens with one attached hydrogen (secondary N) is 1. The SMILES string of the molecule is CC(C)(CNC(=O)N1CCCC12CCC2)c1ccccn1. The van der Waals surface area contributed by atoms with Crippen LogP contribution in [-0.2, 0) is 5.41 Å². The van der Waals surface area contributed by atoms with Gasteiger partial charge in [-0.25, -0.2) is 4.79 Å². The summed E-state index contributed by atoms with van der Waals surface area (Å²) in [6, 6.07) is 6.05. The predicted molar refractivity (Wildman–Crippen MR) is 83.2 cm³/mol. The zero-order valence-corrected chi connectivity index (χ0v) is 13.1. The molecule has 1 spiro atoms. The molecular formula is C17H25N3O. The molecule has 2 aliphatic rings. The molecule has 1 saturated heterocycles. The van der Waals surface area contributed by atoms with E-state index < -0.39 is 0 Å². The summed E-state index contributed by atoms with van der Waals surface area (Å²) in [5, 5.41) is 3.13. The summed E-state index contributed by atoms with van der Waals surface area (Å²) in [6.45, 7) is 5.78. The van der Waals surface area contributed by atoms with Gasteiger partial charge < -0.3 is 10.2 Å². The Bertz CT molecular complexity index is 508. The third kappa shape index (κ3) is 2.63. The molecule has 1 aliphatic heterocycles. The van der Waals surface area contributed by atoms with Gasteiger partial charge in [-0.2, -0.15) is 0 Å². The van der Waals surface area contributed by atoms with E-state index in [0.29, 0.717) is 6.54 Å². The molecule has 21 heavy (non-hydrogen) atoms. The molecule has 2 heterocycles. The predicted octanol–water partition coefficient (Wildman–Crippen LogP) is 3.09. The summed E-state index contributed by atoms with van der Waals surface area (Å²) in [5.74, 6) is 0. The normalized spacial score (nSPS) is 20.4. The number of carbonyl (C=O) groups excluding carboxylic acids is 1. The third-order valence-electron chi connectivity index (χ3n) is 5.17. The van der Waals surface area contributed by atoms with Crippen LogP contribution < -0.4 is 5.32 Å². The average molecular weight is 287 g/mol. The molecule has 0 unspecified atom stereocenters. The monoisotopic (exact) mass is 287 g/mol. The maximum Gasteiger partial charge on any atom is 0.317 e. The minimum absolute atomic E-state index is 0.108. The van der Waals surface area contributed by atoms with Crippen molar-refractivity contribution >= 4 is 6.03 Å². The molecule has 4 heteroatoms. The minimum Gasteiger partial charge on any atom is -0.337 e. The van der Waals surface area contributed by atoms with Crippen molar-refractivity contribution in [3.8, 4) is 0 Å². The van der Waals surface area contributed by atoms with E-state index in [2.05, 4.69) is 29.0 Å². The Morgan fingerprint density at radius 3 is 2.71 bits per heavy atom. The van der Waals surface area contributed by atoms with Gasteiger partial charge >= 0.3 is 6.03 Å². The van der Waals surface area contributed by atoms with Gasteiger partial charge in [-0.1, -0.05) is 19.9 Å². The fraction of sp³-hybridized carbons (Fsp3) is 0.647. The third-order valence-corrected chi connectivity index (χ3v) is 5.17. The molecule has 2 fully saturated rings. The summed E-state index contributed by atoms with van der Waals surface area (Å²) < 4.78 is 0. The van der Waals surface area contributed by atoms with Crippen LogP contribution in [0.25, 0.3) is 0 Å². The molecule has 2 amide bonds. The first-order chi connectivity index (χ1) is 10.0. The molecule has 0 radical (unpaired) electrons. The Morgan fingerprint density at radius 1 is 1.33 bits per heavy atom. The van der Waals surface area contributed by atoms with Crippen molar-refractivity contribution in [2.45, 2.75) is 56.9 Å². The number of amides is 2. The Labute approximate surface area is 126 Å². The van der Waals surface area contributed by atoms with Crippen LogP contribution in [0, 0.1) is 0 Å². The van der Waals surface area contributed by atoms with Crippen LogP contribution in [0.2, 0.25) is 0 Å². The number of aromatic nitrogens is 1. The molecular weight excluding hydrogens is 262 g/mol. The molecule has 1 saturated carbocycles. The van der Waals surface area contributed by atoms with E-state index in [0.717, 1.165) is 18.7 Å². The van der Waals surface area contributed by atoms with Crippen LogP contribution in [0.1, 0.15) is 51.6 Å². The summed E-state index contributed by atoms with van der Waals surface area (Å²) in [5.41, 5.74) is 1.06. The molecule has 1 aromatic heterocycles. The summed E-state index contributed by atoms with van der Waals surface area (Å²) >= 11 is 0. The highest BCUT2D eigenvalue weighted by Gasteiger charge is 2.47. The standard InChI is InChI=1S/C17H25N3O/c1-16(2,14-7-3-4-11-18-14)13-19-15(21)20-12-6-10-17(20)8-5-9-17/h3-4,7,11H,5-6,8-10,12-13H2,1-2H3,(H,19,21). The zero-order valence-electron chi connectivity index (χ0n) is 13.1. The van der Waals surface area contributed by atoms with Crippen LogP contribution in [0.15, 0.2) is 24.4 Å². The fourth-order valence-corrected chi connectivity index (χ4v) is 3.61. The van der Waals surface area contributed by atoms with E-state index in [9.17, 15) is 4.79 Å². The molecule has 1 aromatic rings. The summed E-state index contributed by atoms with van der Waals surface area (Å²) in [4.78, 5) is 19.0. The molecule has 0 bridgehead atoms. The average Bonchev–Trinajstić information content (AvgIpc) is 2.91. The molecule has 4 nitrogen and oxygen atoms in total. The lowest BCUT2D eigenvalue weighted by Gasteiger charge is -2.46. The first-order valence-corrected chi connectivity index (χ1v) is 8.01. The van der Waals surface area contributed by atoms with Gasteiger partial charge in [0.1, 0.15) is 0 Å². The van der Waals surface area contributed by atoms with E-state index >= 15 is 0 Å². The van der Waals surface area contributed by atoms with E-state index in [-0.39, 0.29) is 17.0 Å². The van der Waals surface area contributed by atoms with Crippen molar-refractivity contribution in [2.24, 2.45) is 0 Å². The van der Waals surface area contributed by atoms with Crippen molar-refractivity contribution in [2.75, 3.05) is 13.1 Å². The van der Waals surface area contributed by atoms with Crippen molar-refractivity contribution in [1.82, 2.24) is 15.2 Å². The largest absolute Gasteiger partial charge is 0.337 e. The van der Waals surface area contributed by atoms with Crippen molar-refractivity contribution in [3.05, 3.63) is 30.1 Å². The van der Waals surface area contributed by atoms with E-state index in [1.165, 1.54) is 25.7 Å². The molecule has 0 aromatic carbocycles. The van der Waals surface area contributed by atoms with Gasteiger partial charge in [0, 0.05) is 35.9 Å². The molecule has 3 rings (SSSR count). The highest BCUT2D eigenvalue weighted by Crippen LogP contribution is 2.45. The molecule has 0 atom stereocenters. The molecule has 114 valence electrons. The quantitative estimate of drug-likeness (QED) is 0.928. The second-order valence-electron chi connectivity index (χ2n) is 7.09. The van der Waals surface area contributed by atoms with Gasteiger partial charge in [0.25, 0.3) is 0 Å². The second kappa shape index (κ2) is 5.32. The fourth-order valence-electron chi connectivity index (χ4n) is 3.61. The highest BCUT2D eigenvalue weighted by molar-refractivity contribution is 5.75. The van der Waals surface area contributed by atoms with Gasteiger partial charge in [0.2, 0.25) is 0 Å². The van der Waals surface area contributed by atoms with Gasteiger partial charge in [-0.05, 0) is 44.2 Å². The van der Waals surface area contributed by atoms with Gasteiger partial charge in [-0.3, -0.25) is 4.98 Å². The first kappa shape index (κ1) is 14.4. The Hall–Kier alpha value is -1.58. The van der Waals surface area contributed by atoms with Gasteiger partial charge in [-0.15, -0.1) is 0 Å². The number of carbonyl (C=O) groups is 1. The zero-order chi connectivity index (χ0) is 14.9. The number of pyridine rings is 1. The number of hydrogen-bond acceptors (Lipinski definition) is 2. The molecule has 1 N–H and O–H groups in total. The lowest BCUT2D eigenvalue weighted by atomic mass is 9.75. The molecule has 1 aliphatic carbocycles. The second-order valence-corrected chi connectivity index (χ2v) is 7.09. The first-order valence-electron chi connectivity index (χ1n) is 8.01. The number of nitrogens with zero attached hydrogens (tertiary/aromatic N) is 2. The van der Waals surface area contributed by atoms with Crippen LogP contribution in [0.5, 0.6) is 0 Å². The number of urea groups is 1. The van der Waals surface area contributed by atoms with Crippen LogP contribution >= 0.6 is 0 Å². The van der Waals surface area contributed by atoms with Crippen LogP contribution in [0.3, 0.4) is 0 Å². The highest BCUT2D eigenvalue weighted by atomic mass is 16.2. The lowest BCUT2D eigenvalue weighted by molar-refractivity contribution is 0.0805. The van der Waals surface area contributed by atoms with E-state index in [1.807, 2.05) is 24.4 Å². The van der Waals surface area contributed by atoms with Crippen molar-refractivity contribution < 1.29 is 4.79 Å². The number of hydrogen-bond donors (Lipinski definition) is 1.